The molecule has 2 atom stereocenters. The molecule has 0 aromatic heterocycles. The fraction of sp³-hybridized carbons (Fsp3) is 0.238. The SMILES string of the molecule is CC1=NN(Cc2ccccc2)C(=O)[C@@H]1[C@H](c1ccc(Br)cc1)C(C#N)C#N. The van der Waals surface area contributed by atoms with Crippen LogP contribution in [-0.4, -0.2) is 16.6 Å². The molecule has 5 nitrogen and oxygen atoms in total. The van der Waals surface area contributed by atoms with Gasteiger partial charge >= 0.3 is 0 Å². The van der Waals surface area contributed by atoms with Crippen LogP contribution in [0.1, 0.15) is 24.0 Å². The largest absolute Gasteiger partial charge is 0.272 e. The Hall–Kier alpha value is -2.96. The van der Waals surface area contributed by atoms with Gasteiger partial charge in [0.15, 0.2) is 0 Å². The molecule has 0 aliphatic carbocycles. The van der Waals surface area contributed by atoms with Gasteiger partial charge in [0.05, 0.1) is 24.6 Å². The molecule has 0 fully saturated rings. The monoisotopic (exact) mass is 420 g/mol. The maximum absolute atomic E-state index is 13.1. The van der Waals surface area contributed by atoms with Crippen LogP contribution in [0, 0.1) is 34.5 Å². The van der Waals surface area contributed by atoms with Gasteiger partial charge in [-0.15, -0.1) is 0 Å². The molecule has 1 aliphatic heterocycles. The molecule has 6 heteroatoms. The summed E-state index contributed by atoms with van der Waals surface area (Å²) >= 11 is 3.39. The van der Waals surface area contributed by atoms with Crippen molar-refractivity contribution in [3.63, 3.8) is 0 Å². The van der Waals surface area contributed by atoms with E-state index in [9.17, 15) is 15.3 Å². The Morgan fingerprint density at radius 3 is 2.33 bits per heavy atom. The highest BCUT2D eigenvalue weighted by atomic mass is 79.9. The van der Waals surface area contributed by atoms with Gasteiger partial charge in [0.25, 0.3) is 5.91 Å². The number of rotatable bonds is 5. The first-order chi connectivity index (χ1) is 13.0. The van der Waals surface area contributed by atoms with Gasteiger partial charge in [-0.05, 0) is 30.2 Å². The molecular weight excluding hydrogens is 404 g/mol. The van der Waals surface area contributed by atoms with Crippen LogP contribution in [-0.2, 0) is 11.3 Å². The summed E-state index contributed by atoms with van der Waals surface area (Å²) < 4.78 is 0.893. The first kappa shape index (κ1) is 18.8. The summed E-state index contributed by atoms with van der Waals surface area (Å²) in [6.45, 7) is 2.15. The topological polar surface area (TPSA) is 80.2 Å². The second kappa shape index (κ2) is 8.16. The average Bonchev–Trinajstić information content (AvgIpc) is 2.95. The smallest absolute Gasteiger partial charge is 0.252 e. The summed E-state index contributed by atoms with van der Waals surface area (Å²) in [6, 6.07) is 21.1. The number of hydrogen-bond donors (Lipinski definition) is 0. The lowest BCUT2D eigenvalue weighted by molar-refractivity contribution is -0.133. The van der Waals surface area contributed by atoms with Gasteiger partial charge in [-0.1, -0.05) is 58.4 Å². The molecule has 0 bridgehead atoms. The van der Waals surface area contributed by atoms with Gasteiger partial charge in [0.1, 0.15) is 5.92 Å². The number of carbonyl (C=O) groups excluding carboxylic acids is 1. The molecule has 27 heavy (non-hydrogen) atoms. The van der Waals surface area contributed by atoms with Gasteiger partial charge < -0.3 is 0 Å². The van der Waals surface area contributed by atoms with E-state index in [0.29, 0.717) is 12.3 Å². The molecule has 2 aromatic rings. The van der Waals surface area contributed by atoms with Gasteiger partial charge in [-0.2, -0.15) is 15.6 Å². The minimum Gasteiger partial charge on any atom is -0.272 e. The van der Waals surface area contributed by atoms with Crippen molar-refractivity contribution in [1.29, 1.82) is 10.5 Å². The molecule has 0 radical (unpaired) electrons. The Morgan fingerprint density at radius 1 is 1.11 bits per heavy atom. The number of halogens is 1. The van der Waals surface area contributed by atoms with E-state index in [1.165, 1.54) is 5.01 Å². The maximum atomic E-state index is 13.1. The third-order valence-corrected chi connectivity index (χ3v) is 5.20. The average molecular weight is 421 g/mol. The Balaban J connectivity index is 1.94. The predicted molar refractivity (Wildman–Crippen MR) is 105 cm³/mol. The molecule has 1 amide bonds. The highest BCUT2D eigenvalue weighted by Crippen LogP contribution is 2.37. The van der Waals surface area contributed by atoms with E-state index in [-0.39, 0.29) is 5.91 Å². The van der Waals surface area contributed by atoms with Gasteiger partial charge in [-0.25, -0.2) is 5.01 Å². The standard InChI is InChI=1S/C21H17BrN4O/c1-14-19(21(27)26(25-14)13-15-5-3-2-4-6-15)20(17(11-23)12-24)16-7-9-18(22)10-8-16/h2-10,17,19-20H,13H2,1H3/t19-,20+/m0/s1. The molecule has 0 saturated heterocycles. The van der Waals surface area contributed by atoms with E-state index in [2.05, 4.69) is 21.0 Å². The van der Waals surface area contributed by atoms with Crippen LogP contribution in [0.2, 0.25) is 0 Å². The Labute approximate surface area is 166 Å². The van der Waals surface area contributed by atoms with Crippen molar-refractivity contribution in [2.45, 2.75) is 19.4 Å². The Morgan fingerprint density at radius 2 is 1.74 bits per heavy atom. The van der Waals surface area contributed by atoms with E-state index in [4.69, 9.17) is 0 Å². The van der Waals surface area contributed by atoms with E-state index in [1.807, 2.05) is 66.7 Å². The van der Waals surface area contributed by atoms with E-state index >= 15 is 0 Å². The van der Waals surface area contributed by atoms with E-state index in [1.54, 1.807) is 6.92 Å². The zero-order chi connectivity index (χ0) is 19.4. The molecule has 0 saturated carbocycles. The van der Waals surface area contributed by atoms with Crippen LogP contribution < -0.4 is 0 Å². The minimum atomic E-state index is -0.943. The number of hydrazone groups is 1. The van der Waals surface area contributed by atoms with Crippen LogP contribution in [0.4, 0.5) is 0 Å². The summed E-state index contributed by atoms with van der Waals surface area (Å²) in [5, 5.41) is 24.9. The fourth-order valence-corrected chi connectivity index (χ4v) is 3.64. The Bertz CT molecular complexity index is 927. The molecule has 3 rings (SSSR count). The quantitative estimate of drug-likeness (QED) is 0.725. The second-order valence-corrected chi connectivity index (χ2v) is 7.33. The second-order valence-electron chi connectivity index (χ2n) is 6.41. The number of carbonyl (C=O) groups is 1. The molecule has 0 unspecified atom stereocenters. The number of nitrogens with zero attached hydrogens (tertiary/aromatic N) is 4. The fourth-order valence-electron chi connectivity index (χ4n) is 3.38. The van der Waals surface area contributed by atoms with Gasteiger partial charge in [0.2, 0.25) is 0 Å². The van der Waals surface area contributed by atoms with Crippen molar-refractivity contribution in [3.05, 3.63) is 70.2 Å². The summed E-state index contributed by atoms with van der Waals surface area (Å²) in [5.74, 6) is -2.31. The first-order valence-electron chi connectivity index (χ1n) is 8.50. The minimum absolute atomic E-state index is 0.181. The van der Waals surface area contributed by atoms with Crippen LogP contribution in [0.25, 0.3) is 0 Å². The van der Waals surface area contributed by atoms with Crippen molar-refractivity contribution in [2.75, 3.05) is 0 Å². The molecule has 1 aliphatic rings. The van der Waals surface area contributed by atoms with Crippen LogP contribution in [0.3, 0.4) is 0 Å². The highest BCUT2D eigenvalue weighted by Gasteiger charge is 2.43. The summed E-state index contributed by atoms with van der Waals surface area (Å²) in [4.78, 5) is 13.1. The van der Waals surface area contributed by atoms with E-state index in [0.717, 1.165) is 15.6 Å². The highest BCUT2D eigenvalue weighted by molar-refractivity contribution is 9.10. The number of nitriles is 2. The molecule has 1 heterocycles. The van der Waals surface area contributed by atoms with E-state index < -0.39 is 17.8 Å². The normalized spacial score (nSPS) is 17.4. The number of amides is 1. The van der Waals surface area contributed by atoms with Crippen molar-refractivity contribution in [1.82, 2.24) is 5.01 Å². The predicted octanol–water partition coefficient (Wildman–Crippen LogP) is 4.23. The van der Waals surface area contributed by atoms with Crippen LogP contribution in [0.5, 0.6) is 0 Å². The van der Waals surface area contributed by atoms with Crippen molar-refractivity contribution >= 4 is 27.5 Å². The number of hydrogen-bond acceptors (Lipinski definition) is 4. The van der Waals surface area contributed by atoms with Gasteiger partial charge in [-0.3, -0.25) is 4.79 Å². The van der Waals surface area contributed by atoms with Crippen molar-refractivity contribution in [3.8, 4) is 12.1 Å². The molecule has 2 aromatic carbocycles. The van der Waals surface area contributed by atoms with Crippen LogP contribution >= 0.6 is 15.9 Å². The molecule has 0 N–H and O–H groups in total. The summed E-state index contributed by atoms with van der Waals surface area (Å²) in [5.41, 5.74) is 2.38. The third-order valence-electron chi connectivity index (χ3n) is 4.68. The third kappa shape index (κ3) is 3.92. The zero-order valence-electron chi connectivity index (χ0n) is 14.7. The lowest BCUT2D eigenvalue weighted by Gasteiger charge is -2.24. The van der Waals surface area contributed by atoms with Crippen LogP contribution in [0.15, 0.2) is 64.2 Å². The number of benzene rings is 2. The first-order valence-corrected chi connectivity index (χ1v) is 9.29. The van der Waals surface area contributed by atoms with Crippen molar-refractivity contribution < 1.29 is 4.79 Å². The zero-order valence-corrected chi connectivity index (χ0v) is 16.3. The molecular formula is C21H17BrN4O. The molecule has 134 valence electrons. The molecule has 0 spiro atoms. The van der Waals surface area contributed by atoms with Gasteiger partial charge in [0, 0.05) is 16.1 Å². The summed E-state index contributed by atoms with van der Waals surface area (Å²) in [6.07, 6.45) is 0. The lowest BCUT2D eigenvalue weighted by Crippen LogP contribution is -2.34. The van der Waals surface area contributed by atoms with Crippen molar-refractivity contribution in [2.24, 2.45) is 16.9 Å². The Kier molecular flexibility index (Phi) is 5.69. The lowest BCUT2D eigenvalue weighted by atomic mass is 9.76. The maximum Gasteiger partial charge on any atom is 0.252 e. The summed E-state index contributed by atoms with van der Waals surface area (Å²) in [7, 11) is 0.